The maximum atomic E-state index is 12.4. The first kappa shape index (κ1) is 15.7. The van der Waals surface area contributed by atoms with Crippen molar-refractivity contribution in [2.24, 2.45) is 0 Å². The number of carbonyl (C=O) groups is 2. The lowest BCUT2D eigenvalue weighted by Gasteiger charge is -2.18. The topological polar surface area (TPSA) is 55.4 Å². The van der Waals surface area contributed by atoms with Crippen molar-refractivity contribution in [2.45, 2.75) is 37.8 Å². The van der Waals surface area contributed by atoms with Crippen LogP contribution in [0.25, 0.3) is 0 Å². The van der Waals surface area contributed by atoms with E-state index in [-0.39, 0.29) is 24.3 Å². The summed E-state index contributed by atoms with van der Waals surface area (Å²) in [5.74, 6) is -0.585. The lowest BCUT2D eigenvalue weighted by atomic mass is 10.1. The summed E-state index contributed by atoms with van der Waals surface area (Å²) in [6, 6.07) is 11.4. The largest absolute Gasteiger partial charge is 0.447 e. The molecule has 1 amide bonds. The van der Waals surface area contributed by atoms with E-state index in [1.54, 1.807) is 11.3 Å². The molecular formula is C18H19NO3S. The quantitative estimate of drug-likeness (QED) is 0.793. The zero-order valence-corrected chi connectivity index (χ0v) is 13.6. The molecule has 23 heavy (non-hydrogen) atoms. The van der Waals surface area contributed by atoms with Gasteiger partial charge in [-0.2, -0.15) is 11.3 Å². The van der Waals surface area contributed by atoms with Crippen LogP contribution in [0.2, 0.25) is 0 Å². The third kappa shape index (κ3) is 4.66. The third-order valence-corrected chi connectivity index (χ3v) is 4.44. The Morgan fingerprint density at radius 2 is 2.00 bits per heavy atom. The maximum Gasteiger partial charge on any atom is 0.307 e. The van der Waals surface area contributed by atoms with Gasteiger partial charge in [0.15, 0.2) is 0 Å². The van der Waals surface area contributed by atoms with E-state index in [1.165, 1.54) is 0 Å². The Morgan fingerprint density at radius 3 is 2.65 bits per heavy atom. The molecular weight excluding hydrogens is 310 g/mol. The van der Waals surface area contributed by atoms with Gasteiger partial charge >= 0.3 is 5.97 Å². The predicted octanol–water partition coefficient (Wildman–Crippen LogP) is 3.24. The number of carbonyl (C=O) groups excluding carboxylic acids is 2. The lowest BCUT2D eigenvalue weighted by Crippen LogP contribution is -2.33. The van der Waals surface area contributed by atoms with E-state index in [9.17, 15) is 9.59 Å². The van der Waals surface area contributed by atoms with Gasteiger partial charge in [-0.25, -0.2) is 0 Å². The molecule has 1 aromatic heterocycles. The monoisotopic (exact) mass is 329 g/mol. The van der Waals surface area contributed by atoms with Crippen LogP contribution in [0, 0.1) is 0 Å². The molecule has 1 aliphatic rings. The van der Waals surface area contributed by atoms with Crippen LogP contribution in [0.5, 0.6) is 0 Å². The van der Waals surface area contributed by atoms with E-state index in [4.69, 9.17) is 4.74 Å². The number of aryl methyl sites for hydroxylation is 1. The zero-order chi connectivity index (χ0) is 16.1. The summed E-state index contributed by atoms with van der Waals surface area (Å²) < 4.78 is 5.48. The molecule has 0 aliphatic heterocycles. The number of esters is 1. The van der Waals surface area contributed by atoms with Gasteiger partial charge in [-0.1, -0.05) is 30.3 Å². The summed E-state index contributed by atoms with van der Waals surface area (Å²) in [4.78, 5) is 24.5. The minimum absolute atomic E-state index is 0.234. The van der Waals surface area contributed by atoms with Crippen molar-refractivity contribution in [2.75, 3.05) is 0 Å². The maximum absolute atomic E-state index is 12.4. The molecule has 4 nitrogen and oxygen atoms in total. The first-order valence-electron chi connectivity index (χ1n) is 7.78. The first-order chi connectivity index (χ1) is 11.2. The van der Waals surface area contributed by atoms with Crippen LogP contribution in [0.1, 0.15) is 36.5 Å². The summed E-state index contributed by atoms with van der Waals surface area (Å²) in [6.07, 6.45) is 2.04. The van der Waals surface area contributed by atoms with Gasteiger partial charge < -0.3 is 10.1 Å². The zero-order valence-electron chi connectivity index (χ0n) is 12.7. The van der Waals surface area contributed by atoms with Crippen molar-refractivity contribution in [1.82, 2.24) is 5.32 Å². The van der Waals surface area contributed by atoms with E-state index in [1.807, 2.05) is 47.2 Å². The summed E-state index contributed by atoms with van der Waals surface area (Å²) >= 11 is 1.60. The number of ether oxygens (including phenoxy) is 1. The van der Waals surface area contributed by atoms with Crippen molar-refractivity contribution < 1.29 is 14.3 Å². The second-order valence-electron chi connectivity index (χ2n) is 5.70. The fraction of sp³-hybridized carbons (Fsp3) is 0.333. The van der Waals surface area contributed by atoms with Gasteiger partial charge in [-0.3, -0.25) is 9.59 Å². The van der Waals surface area contributed by atoms with E-state index in [0.29, 0.717) is 12.0 Å². The highest BCUT2D eigenvalue weighted by Gasteiger charge is 2.30. The van der Waals surface area contributed by atoms with Crippen LogP contribution < -0.4 is 5.32 Å². The molecule has 0 bridgehead atoms. The van der Waals surface area contributed by atoms with Gasteiger partial charge in [-0.15, -0.1) is 0 Å². The molecule has 0 saturated heterocycles. The number of benzene rings is 1. The van der Waals surface area contributed by atoms with Crippen molar-refractivity contribution in [1.29, 1.82) is 0 Å². The number of amides is 1. The van der Waals surface area contributed by atoms with Crippen LogP contribution in [0.15, 0.2) is 47.2 Å². The van der Waals surface area contributed by atoms with Crippen LogP contribution in [0.4, 0.5) is 0 Å². The Labute approximate surface area is 139 Å². The third-order valence-electron chi connectivity index (χ3n) is 3.71. The molecule has 2 aromatic rings. The molecule has 120 valence electrons. The number of thiophene rings is 1. The molecule has 1 N–H and O–H groups in total. The van der Waals surface area contributed by atoms with Crippen LogP contribution >= 0.6 is 11.3 Å². The highest BCUT2D eigenvalue weighted by atomic mass is 32.1. The van der Waals surface area contributed by atoms with Gasteiger partial charge in [0.25, 0.3) is 5.91 Å². The van der Waals surface area contributed by atoms with Crippen LogP contribution in [-0.4, -0.2) is 17.9 Å². The summed E-state index contributed by atoms with van der Waals surface area (Å²) in [6.45, 7) is 0. The van der Waals surface area contributed by atoms with Crippen LogP contribution in [0.3, 0.4) is 0 Å². The predicted molar refractivity (Wildman–Crippen MR) is 89.1 cm³/mol. The SMILES string of the molecule is O=C(CCc1ccsc1)O[C@@H](C(=O)NC1CC1)c1ccccc1. The Morgan fingerprint density at radius 1 is 1.22 bits per heavy atom. The lowest BCUT2D eigenvalue weighted by molar-refractivity contribution is -0.156. The summed E-state index contributed by atoms with van der Waals surface area (Å²) in [5, 5.41) is 6.91. The van der Waals surface area contributed by atoms with E-state index >= 15 is 0 Å². The van der Waals surface area contributed by atoms with Crippen molar-refractivity contribution >= 4 is 23.2 Å². The fourth-order valence-corrected chi connectivity index (χ4v) is 2.98. The molecule has 1 fully saturated rings. The van der Waals surface area contributed by atoms with Gasteiger partial charge in [0.2, 0.25) is 6.10 Å². The average molecular weight is 329 g/mol. The standard InChI is InChI=1S/C18H19NO3S/c20-16(9-6-13-10-11-23-12-13)22-17(14-4-2-1-3-5-14)18(21)19-15-7-8-15/h1-5,10-12,15,17H,6-9H2,(H,19,21)/t17-/m1/s1. The van der Waals surface area contributed by atoms with E-state index in [2.05, 4.69) is 5.32 Å². The Bertz CT molecular complexity index is 650. The average Bonchev–Trinajstić information content (AvgIpc) is 3.22. The molecule has 1 heterocycles. The molecule has 1 aromatic carbocycles. The summed E-state index contributed by atoms with van der Waals surface area (Å²) in [5.41, 5.74) is 1.82. The van der Waals surface area contributed by atoms with Gasteiger partial charge in [-0.05, 0) is 41.7 Å². The highest BCUT2D eigenvalue weighted by molar-refractivity contribution is 7.07. The van der Waals surface area contributed by atoms with Crippen molar-refractivity contribution in [3.05, 3.63) is 58.3 Å². The molecule has 1 saturated carbocycles. The second kappa shape index (κ2) is 7.42. The number of hydrogen-bond donors (Lipinski definition) is 1. The molecule has 3 rings (SSSR count). The van der Waals surface area contributed by atoms with Crippen LogP contribution in [-0.2, 0) is 20.7 Å². The smallest absolute Gasteiger partial charge is 0.307 e. The van der Waals surface area contributed by atoms with E-state index in [0.717, 1.165) is 18.4 Å². The highest BCUT2D eigenvalue weighted by Crippen LogP contribution is 2.23. The Hall–Kier alpha value is -2.14. The molecule has 1 atom stereocenters. The molecule has 1 aliphatic carbocycles. The molecule has 5 heteroatoms. The number of rotatable bonds is 7. The Balaban J connectivity index is 1.62. The fourth-order valence-electron chi connectivity index (χ4n) is 2.28. The van der Waals surface area contributed by atoms with Gasteiger partial charge in [0, 0.05) is 18.0 Å². The molecule has 0 spiro atoms. The Kier molecular flexibility index (Phi) is 5.08. The van der Waals surface area contributed by atoms with Gasteiger partial charge in [0.1, 0.15) is 0 Å². The minimum atomic E-state index is -0.869. The van der Waals surface area contributed by atoms with Crippen molar-refractivity contribution in [3.8, 4) is 0 Å². The molecule has 0 radical (unpaired) electrons. The van der Waals surface area contributed by atoms with Gasteiger partial charge in [0.05, 0.1) is 0 Å². The van der Waals surface area contributed by atoms with Crippen molar-refractivity contribution in [3.63, 3.8) is 0 Å². The first-order valence-corrected chi connectivity index (χ1v) is 8.72. The summed E-state index contributed by atoms with van der Waals surface area (Å²) in [7, 11) is 0. The number of nitrogens with one attached hydrogen (secondary N) is 1. The normalized spacial score (nSPS) is 15.0. The number of hydrogen-bond acceptors (Lipinski definition) is 4. The molecule has 0 unspecified atom stereocenters. The minimum Gasteiger partial charge on any atom is -0.447 e. The van der Waals surface area contributed by atoms with E-state index < -0.39 is 6.10 Å². The second-order valence-corrected chi connectivity index (χ2v) is 6.48.